The lowest BCUT2D eigenvalue weighted by molar-refractivity contribution is -0.138. The highest BCUT2D eigenvalue weighted by molar-refractivity contribution is 7.18. The van der Waals surface area contributed by atoms with E-state index in [1.165, 1.54) is 32.7 Å². The highest BCUT2D eigenvalue weighted by Crippen LogP contribution is 2.33. The van der Waals surface area contributed by atoms with Gasteiger partial charge in [0.2, 0.25) is 0 Å². The SMILES string of the molecule is COC(=O)/C=C(/Nc1cc2sc(C)nc2cc1OC)C(=O)OC. The Morgan fingerprint density at radius 2 is 1.96 bits per heavy atom. The van der Waals surface area contributed by atoms with Crippen molar-refractivity contribution < 1.29 is 23.8 Å². The standard InChI is InChI=1S/C15H16N2O5S/c1-8-16-10-5-12(20-2)9(6-13(10)23-8)17-11(15(19)22-4)7-14(18)21-3/h5-7,17H,1-4H3/b11-7+. The van der Waals surface area contributed by atoms with Gasteiger partial charge in [-0.1, -0.05) is 0 Å². The van der Waals surface area contributed by atoms with E-state index >= 15 is 0 Å². The molecule has 0 aliphatic rings. The van der Waals surface area contributed by atoms with Crippen molar-refractivity contribution in [2.75, 3.05) is 26.6 Å². The quantitative estimate of drug-likeness (QED) is 0.662. The fourth-order valence-electron chi connectivity index (χ4n) is 1.91. The molecular formula is C15H16N2O5S. The molecule has 1 heterocycles. The number of hydrogen-bond donors (Lipinski definition) is 1. The average molecular weight is 336 g/mol. The molecule has 0 aliphatic heterocycles. The second-order valence-electron chi connectivity index (χ2n) is 4.45. The van der Waals surface area contributed by atoms with E-state index in [1.807, 2.05) is 6.92 Å². The lowest BCUT2D eigenvalue weighted by Crippen LogP contribution is -2.15. The first-order valence-electron chi connectivity index (χ1n) is 6.58. The van der Waals surface area contributed by atoms with Crippen molar-refractivity contribution in [3.8, 4) is 5.75 Å². The van der Waals surface area contributed by atoms with E-state index < -0.39 is 11.9 Å². The Bertz CT molecular complexity index is 782. The van der Waals surface area contributed by atoms with E-state index in [2.05, 4.69) is 19.8 Å². The molecule has 0 unspecified atom stereocenters. The van der Waals surface area contributed by atoms with Crippen LogP contribution in [-0.4, -0.2) is 38.3 Å². The number of carbonyl (C=O) groups excluding carboxylic acids is 2. The van der Waals surface area contributed by atoms with Gasteiger partial charge in [0, 0.05) is 6.07 Å². The van der Waals surface area contributed by atoms with E-state index in [9.17, 15) is 9.59 Å². The van der Waals surface area contributed by atoms with Crippen molar-refractivity contribution in [2.24, 2.45) is 0 Å². The Hall–Kier alpha value is -2.61. The summed E-state index contributed by atoms with van der Waals surface area (Å²) in [7, 11) is 3.95. The Morgan fingerprint density at radius 1 is 1.22 bits per heavy atom. The Labute approximate surface area is 136 Å². The summed E-state index contributed by atoms with van der Waals surface area (Å²) in [6, 6.07) is 3.56. The summed E-state index contributed by atoms with van der Waals surface area (Å²) in [6.45, 7) is 1.90. The molecule has 0 radical (unpaired) electrons. The van der Waals surface area contributed by atoms with Crippen LogP contribution < -0.4 is 10.1 Å². The molecule has 2 rings (SSSR count). The van der Waals surface area contributed by atoms with E-state index in [1.54, 1.807) is 12.1 Å². The normalized spacial score (nSPS) is 11.2. The summed E-state index contributed by atoms with van der Waals surface area (Å²) in [5.41, 5.74) is 1.26. The smallest absolute Gasteiger partial charge is 0.354 e. The Kier molecular flexibility index (Phi) is 5.17. The van der Waals surface area contributed by atoms with Crippen LogP contribution >= 0.6 is 11.3 Å². The molecule has 0 bridgehead atoms. The Balaban J connectivity index is 2.46. The van der Waals surface area contributed by atoms with Crippen LogP contribution in [0.5, 0.6) is 5.75 Å². The number of benzene rings is 1. The average Bonchev–Trinajstić information content (AvgIpc) is 2.91. The van der Waals surface area contributed by atoms with Gasteiger partial charge in [-0.15, -0.1) is 11.3 Å². The highest BCUT2D eigenvalue weighted by atomic mass is 32.1. The van der Waals surface area contributed by atoms with Crippen molar-refractivity contribution in [2.45, 2.75) is 6.92 Å². The number of esters is 2. The van der Waals surface area contributed by atoms with Gasteiger partial charge in [0.1, 0.15) is 11.4 Å². The van der Waals surface area contributed by atoms with Crippen LogP contribution in [0.1, 0.15) is 5.01 Å². The van der Waals surface area contributed by atoms with Crippen LogP contribution in [0.15, 0.2) is 23.9 Å². The number of rotatable bonds is 5. The third-order valence-corrected chi connectivity index (χ3v) is 3.89. The lowest BCUT2D eigenvalue weighted by atomic mass is 10.2. The van der Waals surface area contributed by atoms with Gasteiger partial charge in [-0.25, -0.2) is 14.6 Å². The zero-order valence-electron chi connectivity index (χ0n) is 13.1. The van der Waals surface area contributed by atoms with Gasteiger partial charge in [0.25, 0.3) is 0 Å². The van der Waals surface area contributed by atoms with Crippen molar-refractivity contribution in [3.63, 3.8) is 0 Å². The summed E-state index contributed by atoms with van der Waals surface area (Å²) < 4.78 is 15.4. The molecule has 0 amide bonds. The largest absolute Gasteiger partial charge is 0.494 e. The molecule has 1 aromatic heterocycles. The molecule has 1 N–H and O–H groups in total. The number of thiazole rings is 1. The van der Waals surface area contributed by atoms with Gasteiger partial charge >= 0.3 is 11.9 Å². The van der Waals surface area contributed by atoms with Gasteiger partial charge < -0.3 is 19.5 Å². The number of fused-ring (bicyclic) bond motifs is 1. The number of methoxy groups -OCH3 is 3. The predicted octanol–water partition coefficient (Wildman–Crippen LogP) is 2.26. The van der Waals surface area contributed by atoms with Crippen LogP contribution in [0.2, 0.25) is 0 Å². The summed E-state index contributed by atoms with van der Waals surface area (Å²) in [6.07, 6.45) is 1.02. The minimum atomic E-state index is -0.696. The molecule has 0 saturated carbocycles. The number of anilines is 1. The first-order chi connectivity index (χ1) is 11.0. The van der Waals surface area contributed by atoms with Crippen molar-refractivity contribution in [3.05, 3.63) is 28.9 Å². The molecule has 1 aromatic carbocycles. The van der Waals surface area contributed by atoms with Crippen molar-refractivity contribution in [1.29, 1.82) is 0 Å². The minimum absolute atomic E-state index is 0.0572. The van der Waals surface area contributed by atoms with Crippen LogP contribution in [0.3, 0.4) is 0 Å². The van der Waals surface area contributed by atoms with Crippen LogP contribution in [0, 0.1) is 6.92 Å². The van der Waals surface area contributed by atoms with Crippen LogP contribution in [0.4, 0.5) is 5.69 Å². The molecule has 2 aromatic rings. The van der Waals surface area contributed by atoms with Gasteiger partial charge in [-0.2, -0.15) is 0 Å². The molecule has 0 spiro atoms. The maximum Gasteiger partial charge on any atom is 0.354 e. The van der Waals surface area contributed by atoms with Gasteiger partial charge in [-0.3, -0.25) is 0 Å². The van der Waals surface area contributed by atoms with E-state index in [4.69, 9.17) is 4.74 Å². The molecule has 0 atom stereocenters. The maximum absolute atomic E-state index is 11.8. The Morgan fingerprint density at radius 3 is 2.57 bits per heavy atom. The van der Waals surface area contributed by atoms with Crippen LogP contribution in [0.25, 0.3) is 10.2 Å². The summed E-state index contributed by atoms with van der Waals surface area (Å²) >= 11 is 1.51. The minimum Gasteiger partial charge on any atom is -0.494 e. The third kappa shape index (κ3) is 3.78. The number of aromatic nitrogens is 1. The fraction of sp³-hybridized carbons (Fsp3) is 0.267. The summed E-state index contributed by atoms with van der Waals surface area (Å²) in [5.74, 6) is -0.882. The number of hydrogen-bond acceptors (Lipinski definition) is 8. The number of carbonyl (C=O) groups is 2. The number of nitrogens with zero attached hydrogens (tertiary/aromatic N) is 1. The molecule has 8 heteroatoms. The molecule has 122 valence electrons. The zero-order valence-corrected chi connectivity index (χ0v) is 13.9. The second-order valence-corrected chi connectivity index (χ2v) is 5.69. The monoisotopic (exact) mass is 336 g/mol. The van der Waals surface area contributed by atoms with E-state index in [0.717, 1.165) is 21.3 Å². The van der Waals surface area contributed by atoms with Gasteiger partial charge in [0.05, 0.1) is 48.3 Å². The second kappa shape index (κ2) is 7.10. The van der Waals surface area contributed by atoms with Gasteiger partial charge in [0.15, 0.2) is 0 Å². The van der Waals surface area contributed by atoms with E-state index in [0.29, 0.717) is 11.4 Å². The summed E-state index contributed by atoms with van der Waals surface area (Å²) in [4.78, 5) is 27.6. The number of aryl methyl sites for hydroxylation is 1. The molecule has 23 heavy (non-hydrogen) atoms. The topological polar surface area (TPSA) is 86.8 Å². The number of nitrogens with one attached hydrogen (secondary N) is 1. The lowest BCUT2D eigenvalue weighted by Gasteiger charge is -2.12. The van der Waals surface area contributed by atoms with Crippen LogP contribution in [-0.2, 0) is 19.1 Å². The molecule has 0 saturated heterocycles. The van der Waals surface area contributed by atoms with Crippen molar-refractivity contribution in [1.82, 2.24) is 4.98 Å². The number of ether oxygens (including phenoxy) is 3. The first-order valence-corrected chi connectivity index (χ1v) is 7.40. The van der Waals surface area contributed by atoms with Crippen molar-refractivity contribution >= 4 is 39.2 Å². The molecule has 0 aliphatic carbocycles. The van der Waals surface area contributed by atoms with Gasteiger partial charge in [-0.05, 0) is 13.0 Å². The molecular weight excluding hydrogens is 320 g/mol. The predicted molar refractivity (Wildman–Crippen MR) is 86.6 cm³/mol. The molecule has 0 fully saturated rings. The van der Waals surface area contributed by atoms with E-state index in [-0.39, 0.29) is 5.70 Å². The third-order valence-electron chi connectivity index (χ3n) is 2.95. The summed E-state index contributed by atoms with van der Waals surface area (Å²) in [5, 5.41) is 3.77. The first kappa shape index (κ1) is 16.8. The zero-order chi connectivity index (χ0) is 17.0. The molecule has 7 nitrogen and oxygen atoms in total. The maximum atomic E-state index is 11.8. The fourth-order valence-corrected chi connectivity index (χ4v) is 2.76. The highest BCUT2D eigenvalue weighted by Gasteiger charge is 2.16.